The average Bonchev–Trinajstić information content (AvgIpc) is 2.79. The molecule has 1 atom stereocenters. The molecule has 5 heteroatoms. The van der Waals surface area contributed by atoms with E-state index in [0.717, 1.165) is 30.5 Å². The third-order valence-electron chi connectivity index (χ3n) is 4.54. The van der Waals surface area contributed by atoms with Gasteiger partial charge in [0.05, 0.1) is 11.0 Å². The summed E-state index contributed by atoms with van der Waals surface area (Å²) in [6.45, 7) is 6.49. The first kappa shape index (κ1) is 14.9. The second kappa shape index (κ2) is 5.99. The number of imidazole rings is 1. The minimum atomic E-state index is -0.0953. The fraction of sp³-hybridized carbons (Fsp3) is 0.529. The third kappa shape index (κ3) is 2.56. The predicted molar refractivity (Wildman–Crippen MR) is 86.9 cm³/mol. The zero-order chi connectivity index (χ0) is 15.7. The van der Waals surface area contributed by atoms with Gasteiger partial charge < -0.3 is 4.90 Å². The lowest BCUT2D eigenvalue weighted by Crippen LogP contribution is -2.42. The highest BCUT2D eigenvalue weighted by atomic mass is 16.2. The van der Waals surface area contributed by atoms with E-state index in [1.807, 2.05) is 36.1 Å². The molecule has 1 saturated heterocycles. The molecule has 0 radical (unpaired) electrons. The quantitative estimate of drug-likeness (QED) is 0.871. The molecule has 118 valence electrons. The van der Waals surface area contributed by atoms with E-state index in [1.165, 1.54) is 6.42 Å². The van der Waals surface area contributed by atoms with Gasteiger partial charge in [-0.3, -0.25) is 13.9 Å². The number of aryl methyl sites for hydroxylation is 1. The minimum Gasteiger partial charge on any atom is -0.341 e. The summed E-state index contributed by atoms with van der Waals surface area (Å²) < 4.78 is 3.34. The Balaban J connectivity index is 1.92. The topological polar surface area (TPSA) is 47.2 Å². The Hall–Kier alpha value is -2.04. The molecular weight excluding hydrogens is 278 g/mol. The van der Waals surface area contributed by atoms with Gasteiger partial charge in [-0.1, -0.05) is 19.1 Å². The first-order valence-electron chi connectivity index (χ1n) is 8.07. The molecule has 1 amide bonds. The maximum atomic E-state index is 12.6. The fourth-order valence-electron chi connectivity index (χ4n) is 3.38. The molecule has 1 aliphatic rings. The van der Waals surface area contributed by atoms with Gasteiger partial charge in [-0.15, -0.1) is 0 Å². The van der Waals surface area contributed by atoms with Crippen molar-refractivity contribution in [1.29, 1.82) is 0 Å². The zero-order valence-electron chi connectivity index (χ0n) is 13.3. The van der Waals surface area contributed by atoms with Crippen LogP contribution in [0.15, 0.2) is 29.1 Å². The van der Waals surface area contributed by atoms with Crippen molar-refractivity contribution in [3.8, 4) is 0 Å². The minimum absolute atomic E-state index is 0.0488. The number of benzene rings is 1. The highest BCUT2D eigenvalue weighted by Crippen LogP contribution is 2.17. The van der Waals surface area contributed by atoms with Crippen molar-refractivity contribution in [2.75, 3.05) is 13.1 Å². The fourth-order valence-corrected chi connectivity index (χ4v) is 3.38. The van der Waals surface area contributed by atoms with Crippen molar-refractivity contribution in [1.82, 2.24) is 14.0 Å². The van der Waals surface area contributed by atoms with Crippen LogP contribution >= 0.6 is 0 Å². The van der Waals surface area contributed by atoms with Crippen LogP contribution in [0.25, 0.3) is 11.0 Å². The van der Waals surface area contributed by atoms with Crippen molar-refractivity contribution < 1.29 is 4.79 Å². The van der Waals surface area contributed by atoms with Gasteiger partial charge in [0, 0.05) is 19.6 Å². The summed E-state index contributed by atoms with van der Waals surface area (Å²) in [4.78, 5) is 27.0. The van der Waals surface area contributed by atoms with E-state index in [4.69, 9.17) is 0 Å². The number of hydrogen-bond acceptors (Lipinski definition) is 2. The summed E-state index contributed by atoms with van der Waals surface area (Å²) in [5.74, 6) is 0.596. The molecule has 2 aromatic rings. The molecule has 1 unspecified atom stereocenters. The first-order chi connectivity index (χ1) is 10.6. The smallest absolute Gasteiger partial charge is 0.329 e. The maximum Gasteiger partial charge on any atom is 0.329 e. The Morgan fingerprint density at radius 2 is 1.91 bits per heavy atom. The predicted octanol–water partition coefficient (Wildman–Crippen LogP) is 2.08. The Morgan fingerprint density at radius 3 is 2.55 bits per heavy atom. The number of rotatable bonds is 3. The second-order valence-corrected chi connectivity index (χ2v) is 6.19. The molecule has 1 aliphatic heterocycles. The van der Waals surface area contributed by atoms with Crippen LogP contribution in [0.1, 0.15) is 26.7 Å². The normalized spacial score (nSPS) is 18.8. The van der Waals surface area contributed by atoms with E-state index in [9.17, 15) is 9.59 Å². The number of likely N-dealkylation sites (tertiary alicyclic amines) is 1. The van der Waals surface area contributed by atoms with Gasteiger partial charge in [0.1, 0.15) is 6.54 Å². The van der Waals surface area contributed by atoms with Gasteiger partial charge in [-0.05, 0) is 37.8 Å². The Kier molecular flexibility index (Phi) is 4.05. The maximum absolute atomic E-state index is 12.6. The number of para-hydroxylation sites is 2. The standard InChI is InChI=1S/C17H23N3O2/c1-3-19-14-8-4-5-9-15(14)20(17(19)22)12-16(21)18-10-6-7-13(2)11-18/h4-5,8-9,13H,3,6-7,10-12H2,1-2H3. The second-order valence-electron chi connectivity index (χ2n) is 6.19. The average molecular weight is 301 g/mol. The van der Waals surface area contributed by atoms with Gasteiger partial charge in [0.25, 0.3) is 0 Å². The molecule has 0 bridgehead atoms. The monoisotopic (exact) mass is 301 g/mol. The molecule has 5 nitrogen and oxygen atoms in total. The molecule has 1 aromatic heterocycles. The Bertz CT molecular complexity index is 744. The van der Waals surface area contributed by atoms with Gasteiger partial charge in [-0.25, -0.2) is 4.79 Å². The molecule has 0 N–H and O–H groups in total. The SMILES string of the molecule is CCn1c(=O)n(CC(=O)N2CCCC(C)C2)c2ccccc21. The van der Waals surface area contributed by atoms with Crippen LogP contribution in [-0.2, 0) is 17.9 Å². The first-order valence-corrected chi connectivity index (χ1v) is 8.07. The molecular formula is C17H23N3O2. The lowest BCUT2D eigenvalue weighted by Gasteiger charge is -2.31. The summed E-state index contributed by atoms with van der Waals surface area (Å²) in [7, 11) is 0. The molecule has 0 saturated carbocycles. The van der Waals surface area contributed by atoms with Crippen LogP contribution in [-0.4, -0.2) is 33.0 Å². The van der Waals surface area contributed by atoms with Crippen molar-refractivity contribution in [3.63, 3.8) is 0 Å². The largest absolute Gasteiger partial charge is 0.341 e. The summed E-state index contributed by atoms with van der Waals surface area (Å²) in [5.41, 5.74) is 1.64. The van der Waals surface area contributed by atoms with Crippen molar-refractivity contribution in [3.05, 3.63) is 34.7 Å². The Labute approximate surface area is 130 Å². The van der Waals surface area contributed by atoms with Gasteiger partial charge >= 0.3 is 5.69 Å². The molecule has 2 heterocycles. The summed E-state index contributed by atoms with van der Waals surface area (Å²) >= 11 is 0. The molecule has 0 spiro atoms. The van der Waals surface area contributed by atoms with Crippen LogP contribution in [0.2, 0.25) is 0 Å². The molecule has 3 rings (SSSR count). The third-order valence-corrected chi connectivity index (χ3v) is 4.54. The van der Waals surface area contributed by atoms with Crippen LogP contribution in [0.5, 0.6) is 0 Å². The number of piperidine rings is 1. The van der Waals surface area contributed by atoms with Crippen LogP contribution in [0, 0.1) is 5.92 Å². The summed E-state index contributed by atoms with van der Waals surface area (Å²) in [6, 6.07) is 7.68. The molecule has 1 aromatic carbocycles. The molecule has 22 heavy (non-hydrogen) atoms. The molecule has 1 fully saturated rings. The van der Waals surface area contributed by atoms with E-state index in [1.54, 1.807) is 9.13 Å². The Morgan fingerprint density at radius 1 is 1.23 bits per heavy atom. The van der Waals surface area contributed by atoms with Crippen molar-refractivity contribution in [2.45, 2.75) is 39.8 Å². The summed E-state index contributed by atoms with van der Waals surface area (Å²) in [5, 5.41) is 0. The number of nitrogens with zero attached hydrogens (tertiary/aromatic N) is 3. The van der Waals surface area contributed by atoms with E-state index < -0.39 is 0 Å². The zero-order valence-corrected chi connectivity index (χ0v) is 13.3. The number of carbonyl (C=O) groups is 1. The van der Waals surface area contributed by atoms with E-state index in [-0.39, 0.29) is 18.1 Å². The van der Waals surface area contributed by atoms with E-state index in [2.05, 4.69) is 6.92 Å². The van der Waals surface area contributed by atoms with Gasteiger partial charge in [0.2, 0.25) is 5.91 Å². The number of amides is 1. The van der Waals surface area contributed by atoms with E-state index in [0.29, 0.717) is 12.5 Å². The lowest BCUT2D eigenvalue weighted by atomic mass is 10.0. The number of aromatic nitrogens is 2. The van der Waals surface area contributed by atoms with Crippen LogP contribution in [0.4, 0.5) is 0 Å². The molecule has 0 aliphatic carbocycles. The van der Waals surface area contributed by atoms with Crippen LogP contribution < -0.4 is 5.69 Å². The number of carbonyl (C=O) groups excluding carboxylic acids is 1. The number of hydrogen-bond donors (Lipinski definition) is 0. The highest BCUT2D eigenvalue weighted by Gasteiger charge is 2.22. The van der Waals surface area contributed by atoms with Crippen molar-refractivity contribution >= 4 is 16.9 Å². The summed E-state index contributed by atoms with van der Waals surface area (Å²) in [6.07, 6.45) is 2.23. The van der Waals surface area contributed by atoms with E-state index >= 15 is 0 Å². The van der Waals surface area contributed by atoms with Crippen molar-refractivity contribution in [2.24, 2.45) is 5.92 Å². The lowest BCUT2D eigenvalue weighted by molar-refractivity contribution is -0.133. The highest BCUT2D eigenvalue weighted by molar-refractivity contribution is 5.81. The van der Waals surface area contributed by atoms with Gasteiger partial charge in [0.15, 0.2) is 0 Å². The van der Waals surface area contributed by atoms with Crippen LogP contribution in [0.3, 0.4) is 0 Å². The number of fused-ring (bicyclic) bond motifs is 1. The van der Waals surface area contributed by atoms with Gasteiger partial charge in [-0.2, -0.15) is 0 Å².